The second-order valence-corrected chi connectivity index (χ2v) is 4.59. The van der Waals surface area contributed by atoms with Gasteiger partial charge >= 0.3 is 11.7 Å². The van der Waals surface area contributed by atoms with Gasteiger partial charge in [0.2, 0.25) is 11.9 Å². The lowest BCUT2D eigenvalue weighted by Gasteiger charge is -2.25. The van der Waals surface area contributed by atoms with Gasteiger partial charge in [-0.15, -0.1) is 0 Å². The molecule has 1 aromatic heterocycles. The SMILES string of the molecule is C=C1O[C@@H](n2ccc(=O)[nH]c2=O)[C@](C)(F)[C@@H]1OC(C)=O. The molecule has 0 amide bonds. The molecule has 0 aliphatic carbocycles. The van der Waals surface area contributed by atoms with Gasteiger partial charge in [0.1, 0.15) is 5.76 Å². The highest BCUT2D eigenvalue weighted by Gasteiger charge is 2.55. The number of alkyl halides is 1. The minimum atomic E-state index is -2.20. The Labute approximate surface area is 112 Å². The first kappa shape index (κ1) is 14.0. The highest BCUT2D eigenvalue weighted by molar-refractivity contribution is 5.66. The van der Waals surface area contributed by atoms with Crippen molar-refractivity contribution in [2.75, 3.05) is 0 Å². The molecule has 0 bridgehead atoms. The van der Waals surface area contributed by atoms with Gasteiger partial charge in [0.05, 0.1) is 0 Å². The lowest BCUT2D eigenvalue weighted by atomic mass is 10.0. The van der Waals surface area contributed by atoms with Crippen molar-refractivity contribution in [3.05, 3.63) is 45.4 Å². The Morgan fingerprint density at radius 2 is 2.25 bits per heavy atom. The summed E-state index contributed by atoms with van der Waals surface area (Å²) in [5, 5.41) is 0. The maximum atomic E-state index is 14.8. The zero-order valence-electron chi connectivity index (χ0n) is 10.9. The number of nitrogens with zero attached hydrogens (tertiary/aromatic N) is 1. The molecular weight excluding hydrogens is 271 g/mol. The molecule has 0 saturated carbocycles. The lowest BCUT2D eigenvalue weighted by molar-refractivity contribution is -0.151. The van der Waals surface area contributed by atoms with E-state index in [0.717, 1.165) is 30.7 Å². The molecule has 0 aromatic carbocycles. The predicted octanol–water partition coefficient (Wildman–Crippen LogP) is 0.239. The van der Waals surface area contributed by atoms with Gasteiger partial charge in [-0.3, -0.25) is 19.1 Å². The van der Waals surface area contributed by atoms with Crippen LogP contribution in [0.5, 0.6) is 0 Å². The van der Waals surface area contributed by atoms with Crippen molar-refractivity contribution in [2.45, 2.75) is 31.8 Å². The van der Waals surface area contributed by atoms with Crippen molar-refractivity contribution in [2.24, 2.45) is 0 Å². The Morgan fingerprint density at radius 1 is 1.60 bits per heavy atom. The molecule has 1 aliphatic heterocycles. The van der Waals surface area contributed by atoms with Crippen LogP contribution < -0.4 is 11.2 Å². The van der Waals surface area contributed by atoms with E-state index in [1.807, 2.05) is 4.98 Å². The summed E-state index contributed by atoms with van der Waals surface area (Å²) in [6.45, 7) is 5.73. The molecule has 2 heterocycles. The van der Waals surface area contributed by atoms with Crippen molar-refractivity contribution < 1.29 is 18.7 Å². The third-order valence-corrected chi connectivity index (χ3v) is 2.94. The number of aromatic nitrogens is 2. The smallest absolute Gasteiger partial charge is 0.331 e. The molecule has 0 spiro atoms. The van der Waals surface area contributed by atoms with Gasteiger partial charge in [-0.05, 0) is 6.92 Å². The number of nitrogens with one attached hydrogen (secondary N) is 1. The number of hydrogen-bond donors (Lipinski definition) is 1. The third kappa shape index (κ3) is 2.24. The molecule has 1 saturated heterocycles. The van der Waals surface area contributed by atoms with Gasteiger partial charge in [-0.2, -0.15) is 0 Å². The number of hydrogen-bond acceptors (Lipinski definition) is 5. The van der Waals surface area contributed by atoms with Gasteiger partial charge < -0.3 is 9.47 Å². The molecule has 8 heteroatoms. The summed E-state index contributed by atoms with van der Waals surface area (Å²) in [5.74, 6) is -0.800. The summed E-state index contributed by atoms with van der Waals surface area (Å²) in [4.78, 5) is 35.7. The quantitative estimate of drug-likeness (QED) is 0.786. The molecule has 0 radical (unpaired) electrons. The van der Waals surface area contributed by atoms with Crippen LogP contribution >= 0.6 is 0 Å². The van der Waals surface area contributed by atoms with E-state index in [-0.39, 0.29) is 5.76 Å². The number of aromatic amines is 1. The minimum absolute atomic E-state index is 0.103. The van der Waals surface area contributed by atoms with E-state index in [1.54, 1.807) is 0 Å². The summed E-state index contributed by atoms with van der Waals surface area (Å²) in [7, 11) is 0. The van der Waals surface area contributed by atoms with E-state index in [9.17, 15) is 18.8 Å². The number of halogens is 1. The number of carbonyl (C=O) groups is 1. The van der Waals surface area contributed by atoms with Gasteiger partial charge in [0.15, 0.2) is 6.10 Å². The normalized spacial score (nSPS) is 29.1. The van der Waals surface area contributed by atoms with Crippen LogP contribution in [0.1, 0.15) is 20.1 Å². The van der Waals surface area contributed by atoms with E-state index in [0.29, 0.717) is 0 Å². The first-order chi connectivity index (χ1) is 9.23. The highest BCUT2D eigenvalue weighted by atomic mass is 19.1. The number of rotatable bonds is 2. The highest BCUT2D eigenvalue weighted by Crippen LogP contribution is 2.43. The minimum Gasteiger partial charge on any atom is -0.467 e. The van der Waals surface area contributed by atoms with Crippen LogP contribution in [-0.2, 0) is 14.3 Å². The summed E-state index contributed by atoms with van der Waals surface area (Å²) in [6.07, 6.45) is -1.61. The van der Waals surface area contributed by atoms with E-state index < -0.39 is 35.2 Å². The van der Waals surface area contributed by atoms with Gasteiger partial charge in [-0.25, -0.2) is 9.18 Å². The first-order valence-corrected chi connectivity index (χ1v) is 5.76. The van der Waals surface area contributed by atoms with E-state index in [2.05, 4.69) is 6.58 Å². The van der Waals surface area contributed by atoms with Crippen molar-refractivity contribution in [1.29, 1.82) is 0 Å². The van der Waals surface area contributed by atoms with Crippen LogP contribution in [0.15, 0.2) is 34.2 Å². The molecule has 1 fully saturated rings. The molecule has 3 atom stereocenters. The molecule has 1 aromatic rings. The van der Waals surface area contributed by atoms with Crippen LogP contribution in [0.4, 0.5) is 4.39 Å². The van der Waals surface area contributed by atoms with Crippen LogP contribution in [0.25, 0.3) is 0 Å². The molecule has 1 aliphatic rings. The van der Waals surface area contributed by atoms with Crippen LogP contribution in [0.2, 0.25) is 0 Å². The number of H-pyrrole nitrogens is 1. The van der Waals surface area contributed by atoms with E-state index in [4.69, 9.17) is 9.47 Å². The topological polar surface area (TPSA) is 90.4 Å². The fraction of sp³-hybridized carbons (Fsp3) is 0.417. The number of ether oxygens (including phenoxy) is 2. The van der Waals surface area contributed by atoms with Crippen LogP contribution in [0.3, 0.4) is 0 Å². The van der Waals surface area contributed by atoms with Gasteiger partial charge in [-0.1, -0.05) is 6.58 Å². The fourth-order valence-electron chi connectivity index (χ4n) is 2.05. The Balaban J connectivity index is 2.44. The average Bonchev–Trinajstić information content (AvgIpc) is 2.52. The predicted molar refractivity (Wildman–Crippen MR) is 65.7 cm³/mol. The number of esters is 1. The second kappa shape index (κ2) is 4.62. The van der Waals surface area contributed by atoms with Crippen molar-refractivity contribution in [3.63, 3.8) is 0 Å². The van der Waals surface area contributed by atoms with Gasteiger partial charge in [0, 0.05) is 19.2 Å². The fourth-order valence-corrected chi connectivity index (χ4v) is 2.05. The summed E-state index contributed by atoms with van der Waals surface area (Å²) in [5.41, 5.74) is -3.65. The summed E-state index contributed by atoms with van der Waals surface area (Å²) >= 11 is 0. The monoisotopic (exact) mass is 284 g/mol. The Bertz CT molecular complexity index is 675. The maximum Gasteiger partial charge on any atom is 0.331 e. The van der Waals surface area contributed by atoms with Crippen molar-refractivity contribution >= 4 is 5.97 Å². The molecule has 2 rings (SSSR count). The Hall–Kier alpha value is -2.38. The van der Waals surface area contributed by atoms with Crippen LogP contribution in [-0.4, -0.2) is 27.3 Å². The maximum absolute atomic E-state index is 14.8. The van der Waals surface area contributed by atoms with Crippen molar-refractivity contribution in [3.8, 4) is 0 Å². The van der Waals surface area contributed by atoms with Gasteiger partial charge in [0.25, 0.3) is 5.56 Å². The van der Waals surface area contributed by atoms with Crippen LogP contribution in [0, 0.1) is 0 Å². The van der Waals surface area contributed by atoms with E-state index in [1.165, 1.54) is 0 Å². The van der Waals surface area contributed by atoms with Crippen molar-refractivity contribution in [1.82, 2.24) is 9.55 Å². The molecule has 1 N–H and O–H groups in total. The third-order valence-electron chi connectivity index (χ3n) is 2.94. The lowest BCUT2D eigenvalue weighted by Crippen LogP contribution is -2.43. The second-order valence-electron chi connectivity index (χ2n) is 4.59. The largest absolute Gasteiger partial charge is 0.467 e. The molecule has 7 nitrogen and oxygen atoms in total. The zero-order chi connectivity index (χ0) is 15.1. The first-order valence-electron chi connectivity index (χ1n) is 5.76. The standard InChI is InChI=1S/C12H13FN2O5/c1-6-9(20-7(2)16)12(3,13)10(19-6)15-5-4-8(17)14-11(15)18/h4-5,9-10H,1H2,2-3H3,(H,14,17,18)/t9-,10-,12-/m1/s1. The average molecular weight is 284 g/mol. The molecule has 20 heavy (non-hydrogen) atoms. The Morgan fingerprint density at radius 3 is 2.80 bits per heavy atom. The zero-order valence-corrected chi connectivity index (χ0v) is 10.9. The molecule has 0 unspecified atom stereocenters. The Kier molecular flexibility index (Phi) is 3.24. The van der Waals surface area contributed by atoms with E-state index >= 15 is 0 Å². The summed E-state index contributed by atoms with van der Waals surface area (Å²) in [6, 6.07) is 1.06. The number of carbonyl (C=O) groups excluding carboxylic acids is 1. The summed E-state index contributed by atoms with van der Waals surface area (Å²) < 4.78 is 25.7. The molecule has 108 valence electrons. The molecular formula is C12H13FN2O5.